The van der Waals surface area contributed by atoms with E-state index >= 15 is 0 Å². The monoisotopic (exact) mass is 461 g/mol. The van der Waals surface area contributed by atoms with Gasteiger partial charge in [0.05, 0.1) is 6.54 Å². The van der Waals surface area contributed by atoms with Crippen molar-refractivity contribution in [1.82, 2.24) is 10.6 Å². The van der Waals surface area contributed by atoms with Crippen LogP contribution < -0.4 is 15.4 Å². The molecule has 0 aliphatic carbocycles. The van der Waals surface area contributed by atoms with Crippen LogP contribution in [-0.2, 0) is 16.0 Å². The third kappa shape index (κ3) is 9.76. The molecule has 0 fully saturated rings. The van der Waals surface area contributed by atoms with E-state index in [1.165, 1.54) is 0 Å². The lowest BCUT2D eigenvalue weighted by atomic mass is 10.1. The number of aliphatic imine (C=N–C) groups is 1. The summed E-state index contributed by atoms with van der Waals surface area (Å²) in [6, 6.07) is 11.2. The van der Waals surface area contributed by atoms with Crippen molar-refractivity contribution in [3.8, 4) is 5.75 Å². The van der Waals surface area contributed by atoms with Crippen molar-refractivity contribution in [3.63, 3.8) is 0 Å². The standard InChI is InChI=1S/C24H32FN3O5/c1-23(2,3)32-21(29)27-20(28-22(30)33-24(4,5)6)26-15-16-7-8-18-14-19(31-12-11-25)10-9-17(18)13-16/h7-10,13-14H,11-12,15H2,1-6H3,(H2,26,27,28,29,30). The van der Waals surface area contributed by atoms with Crippen LogP contribution in [-0.4, -0.2) is 42.6 Å². The van der Waals surface area contributed by atoms with Gasteiger partial charge >= 0.3 is 12.2 Å². The Morgan fingerprint density at radius 3 is 1.97 bits per heavy atom. The van der Waals surface area contributed by atoms with Crippen LogP contribution in [0.25, 0.3) is 10.8 Å². The molecule has 2 rings (SSSR count). The zero-order valence-corrected chi connectivity index (χ0v) is 20.0. The summed E-state index contributed by atoms with van der Waals surface area (Å²) < 4.78 is 28.1. The number of halogens is 1. The Kier molecular flexibility index (Phi) is 8.62. The van der Waals surface area contributed by atoms with Gasteiger partial charge in [0.25, 0.3) is 0 Å². The summed E-state index contributed by atoms with van der Waals surface area (Å²) in [5.74, 6) is 0.505. The molecule has 0 atom stereocenters. The number of nitrogens with one attached hydrogen (secondary N) is 2. The summed E-state index contributed by atoms with van der Waals surface area (Å²) in [5, 5.41) is 6.78. The fraction of sp³-hybridized carbons (Fsp3) is 0.458. The van der Waals surface area contributed by atoms with Gasteiger partial charge in [-0.15, -0.1) is 0 Å². The Labute approximate surface area is 193 Å². The molecule has 0 spiro atoms. The van der Waals surface area contributed by atoms with Crippen LogP contribution >= 0.6 is 0 Å². The molecule has 0 aliphatic heterocycles. The topological polar surface area (TPSA) is 98.3 Å². The summed E-state index contributed by atoms with van der Waals surface area (Å²) in [7, 11) is 0. The molecule has 180 valence electrons. The summed E-state index contributed by atoms with van der Waals surface area (Å²) in [6.07, 6.45) is -1.51. The minimum atomic E-state index is -0.753. The summed E-state index contributed by atoms with van der Waals surface area (Å²) >= 11 is 0. The molecule has 0 aromatic heterocycles. The van der Waals surface area contributed by atoms with E-state index in [9.17, 15) is 14.0 Å². The predicted octanol–water partition coefficient (Wildman–Crippen LogP) is 5.09. The van der Waals surface area contributed by atoms with Gasteiger partial charge < -0.3 is 14.2 Å². The number of hydrogen-bond acceptors (Lipinski definition) is 6. The second-order valence-corrected chi connectivity index (χ2v) is 9.30. The van der Waals surface area contributed by atoms with Gasteiger partial charge in [-0.1, -0.05) is 18.2 Å². The number of nitrogens with zero attached hydrogens (tertiary/aromatic N) is 1. The number of hydrogen-bond donors (Lipinski definition) is 2. The van der Waals surface area contributed by atoms with Crippen LogP contribution in [0.15, 0.2) is 41.4 Å². The maximum absolute atomic E-state index is 12.3. The van der Waals surface area contributed by atoms with Gasteiger partial charge in [0.2, 0.25) is 5.96 Å². The number of ether oxygens (including phenoxy) is 3. The molecule has 0 radical (unpaired) electrons. The van der Waals surface area contributed by atoms with Crippen molar-refractivity contribution in [2.75, 3.05) is 13.3 Å². The van der Waals surface area contributed by atoms with Crippen molar-refractivity contribution in [2.24, 2.45) is 4.99 Å². The maximum Gasteiger partial charge on any atom is 0.414 e. The minimum Gasteiger partial charge on any atom is -0.491 e. The van der Waals surface area contributed by atoms with Gasteiger partial charge in [-0.3, -0.25) is 10.6 Å². The van der Waals surface area contributed by atoms with Gasteiger partial charge in [0.1, 0.15) is 30.2 Å². The van der Waals surface area contributed by atoms with Crippen molar-refractivity contribution < 1.29 is 28.2 Å². The minimum absolute atomic E-state index is 0.0103. The first-order valence-corrected chi connectivity index (χ1v) is 10.6. The normalized spacial score (nSPS) is 11.5. The van der Waals surface area contributed by atoms with Gasteiger partial charge in [0.15, 0.2) is 0 Å². The number of amides is 2. The third-order valence-electron chi connectivity index (χ3n) is 3.88. The molecular weight excluding hydrogens is 429 g/mol. The number of benzene rings is 2. The molecule has 2 aromatic rings. The fourth-order valence-corrected chi connectivity index (χ4v) is 2.70. The molecule has 9 heteroatoms. The van der Waals surface area contributed by atoms with Crippen LogP contribution in [0.4, 0.5) is 14.0 Å². The van der Waals surface area contributed by atoms with Gasteiger partial charge in [0, 0.05) is 0 Å². The van der Waals surface area contributed by atoms with Crippen molar-refractivity contribution in [2.45, 2.75) is 59.3 Å². The largest absolute Gasteiger partial charge is 0.491 e. The number of fused-ring (bicyclic) bond motifs is 1. The second kappa shape index (κ2) is 11.0. The number of alkyl halides is 1. The number of carbonyl (C=O) groups excluding carboxylic acids is 2. The molecule has 2 amide bonds. The second-order valence-electron chi connectivity index (χ2n) is 9.30. The summed E-state index contributed by atoms with van der Waals surface area (Å²) in [4.78, 5) is 28.7. The summed E-state index contributed by atoms with van der Waals surface area (Å²) in [6.45, 7) is 10.0. The quantitative estimate of drug-likeness (QED) is 0.477. The molecule has 2 aromatic carbocycles. The zero-order valence-electron chi connectivity index (χ0n) is 20.0. The molecule has 8 nitrogen and oxygen atoms in total. The molecule has 0 aliphatic rings. The highest BCUT2D eigenvalue weighted by Crippen LogP contribution is 2.22. The predicted molar refractivity (Wildman–Crippen MR) is 125 cm³/mol. The van der Waals surface area contributed by atoms with E-state index in [0.717, 1.165) is 16.3 Å². The van der Waals surface area contributed by atoms with Gasteiger partial charge in [-0.2, -0.15) is 0 Å². The smallest absolute Gasteiger partial charge is 0.414 e. The van der Waals surface area contributed by atoms with E-state index in [1.54, 1.807) is 47.6 Å². The third-order valence-corrected chi connectivity index (χ3v) is 3.88. The number of rotatable bonds is 5. The summed E-state index contributed by atoms with van der Waals surface area (Å²) in [5.41, 5.74) is -0.590. The molecule has 33 heavy (non-hydrogen) atoms. The Hall–Kier alpha value is -3.36. The van der Waals surface area contributed by atoms with Crippen molar-refractivity contribution in [3.05, 3.63) is 42.0 Å². The maximum atomic E-state index is 12.3. The fourth-order valence-electron chi connectivity index (χ4n) is 2.70. The van der Waals surface area contributed by atoms with Crippen LogP contribution in [0.5, 0.6) is 5.75 Å². The first-order chi connectivity index (χ1) is 15.3. The first kappa shape index (κ1) is 25.9. The van der Waals surface area contributed by atoms with Crippen LogP contribution in [0.2, 0.25) is 0 Å². The Balaban J connectivity index is 2.18. The molecule has 2 N–H and O–H groups in total. The molecule has 0 unspecified atom stereocenters. The Morgan fingerprint density at radius 2 is 1.42 bits per heavy atom. The molecule has 0 saturated heterocycles. The average Bonchev–Trinajstić information content (AvgIpc) is 2.67. The lowest BCUT2D eigenvalue weighted by Gasteiger charge is -2.22. The van der Waals surface area contributed by atoms with Crippen molar-refractivity contribution >= 4 is 28.9 Å². The molecule has 0 saturated carbocycles. The van der Waals surface area contributed by atoms with E-state index in [4.69, 9.17) is 14.2 Å². The van der Waals surface area contributed by atoms with Gasteiger partial charge in [-0.25, -0.2) is 19.0 Å². The van der Waals surface area contributed by atoms with Crippen LogP contribution in [0.1, 0.15) is 47.1 Å². The zero-order chi connectivity index (χ0) is 24.6. The highest BCUT2D eigenvalue weighted by molar-refractivity contribution is 6.01. The average molecular weight is 462 g/mol. The lowest BCUT2D eigenvalue weighted by Crippen LogP contribution is -2.47. The molecule has 0 bridgehead atoms. The number of guanidine groups is 1. The van der Waals surface area contributed by atoms with Crippen molar-refractivity contribution in [1.29, 1.82) is 0 Å². The van der Waals surface area contributed by atoms with Crippen LogP contribution in [0.3, 0.4) is 0 Å². The molecular formula is C24H32FN3O5. The number of alkyl carbamates (subject to hydrolysis) is 2. The SMILES string of the molecule is CC(C)(C)OC(=O)NC(=NCc1ccc2cc(OCCF)ccc2c1)NC(=O)OC(C)(C)C. The van der Waals surface area contributed by atoms with E-state index in [2.05, 4.69) is 15.6 Å². The Morgan fingerprint density at radius 1 is 0.879 bits per heavy atom. The number of carbonyl (C=O) groups is 2. The van der Waals surface area contributed by atoms with E-state index < -0.39 is 30.1 Å². The van der Waals surface area contributed by atoms with E-state index in [1.807, 2.05) is 30.3 Å². The van der Waals surface area contributed by atoms with E-state index in [-0.39, 0.29) is 19.1 Å². The first-order valence-electron chi connectivity index (χ1n) is 10.6. The molecule has 0 heterocycles. The highest BCUT2D eigenvalue weighted by atomic mass is 19.1. The van der Waals surface area contributed by atoms with Gasteiger partial charge in [-0.05, 0) is 76.1 Å². The van der Waals surface area contributed by atoms with Crippen LogP contribution in [0, 0.1) is 0 Å². The highest BCUT2D eigenvalue weighted by Gasteiger charge is 2.21. The Bertz CT molecular complexity index is 977. The lowest BCUT2D eigenvalue weighted by molar-refractivity contribution is 0.0545. The van der Waals surface area contributed by atoms with E-state index in [0.29, 0.717) is 5.75 Å².